The number of hydrogen-bond donors (Lipinski definition) is 2. The summed E-state index contributed by atoms with van der Waals surface area (Å²) in [5.41, 5.74) is 5.84. The number of aryl methyl sites for hydroxylation is 1. The van der Waals surface area contributed by atoms with E-state index in [1.54, 1.807) is 11.3 Å². The van der Waals surface area contributed by atoms with E-state index in [1.807, 2.05) is 6.07 Å². The summed E-state index contributed by atoms with van der Waals surface area (Å²) in [4.78, 5) is 13.9. The van der Waals surface area contributed by atoms with Gasteiger partial charge in [0.05, 0.1) is 11.0 Å². The maximum Gasteiger partial charge on any atom is 0.220 e. The Hall–Kier alpha value is -0.940. The van der Waals surface area contributed by atoms with Crippen LogP contribution in [0, 0.1) is 5.92 Å². The van der Waals surface area contributed by atoms with E-state index in [9.17, 15) is 4.79 Å². The molecule has 0 radical (unpaired) electrons. The second-order valence-electron chi connectivity index (χ2n) is 5.78. The fourth-order valence-electron chi connectivity index (χ4n) is 3.01. The van der Waals surface area contributed by atoms with Crippen LogP contribution in [0.2, 0.25) is 0 Å². The molecule has 0 saturated heterocycles. The van der Waals surface area contributed by atoms with Crippen LogP contribution < -0.4 is 11.1 Å². The Morgan fingerprint density at radius 1 is 1.43 bits per heavy atom. The van der Waals surface area contributed by atoms with Crippen LogP contribution in [0.25, 0.3) is 0 Å². The lowest BCUT2D eigenvalue weighted by atomic mass is 9.83. The zero-order valence-electron chi connectivity index (χ0n) is 12.3. The van der Waals surface area contributed by atoms with E-state index in [0.29, 0.717) is 17.3 Å². The Kier molecular flexibility index (Phi) is 6.64. The van der Waals surface area contributed by atoms with Gasteiger partial charge in [0.1, 0.15) is 0 Å². The zero-order chi connectivity index (χ0) is 15.1. The second kappa shape index (κ2) is 8.49. The molecule has 1 aliphatic rings. The highest BCUT2D eigenvalue weighted by atomic mass is 32.1. The van der Waals surface area contributed by atoms with Crippen LogP contribution in [-0.4, -0.2) is 16.9 Å². The van der Waals surface area contributed by atoms with Crippen LogP contribution in [-0.2, 0) is 11.2 Å². The lowest BCUT2D eigenvalue weighted by Crippen LogP contribution is -2.48. The van der Waals surface area contributed by atoms with Gasteiger partial charge in [-0.15, -0.1) is 11.3 Å². The number of nitrogens with one attached hydrogen (secondary N) is 1. The average molecular weight is 325 g/mol. The number of rotatable bonds is 7. The molecular weight excluding hydrogens is 300 g/mol. The van der Waals surface area contributed by atoms with Gasteiger partial charge in [-0.25, -0.2) is 0 Å². The van der Waals surface area contributed by atoms with E-state index in [0.717, 1.165) is 25.7 Å². The Morgan fingerprint density at radius 2 is 2.19 bits per heavy atom. The lowest BCUT2D eigenvalue weighted by molar-refractivity contribution is -0.121. The number of amides is 1. The minimum absolute atomic E-state index is 0.0786. The first-order valence-electron chi connectivity index (χ1n) is 7.78. The van der Waals surface area contributed by atoms with E-state index in [2.05, 4.69) is 16.8 Å². The Balaban J connectivity index is 1.76. The molecule has 0 aromatic carbocycles. The predicted octanol–water partition coefficient (Wildman–Crippen LogP) is 3.42. The molecule has 5 heteroatoms. The number of carbonyl (C=O) groups is 1. The van der Waals surface area contributed by atoms with Crippen LogP contribution in [0.4, 0.5) is 0 Å². The minimum Gasteiger partial charge on any atom is -0.392 e. The predicted molar refractivity (Wildman–Crippen MR) is 92.5 cm³/mol. The number of nitrogens with two attached hydrogens (primary N) is 1. The minimum atomic E-state index is -0.116. The molecule has 3 N–H and O–H groups in total. The zero-order valence-corrected chi connectivity index (χ0v) is 14.0. The highest BCUT2D eigenvalue weighted by molar-refractivity contribution is 7.80. The van der Waals surface area contributed by atoms with E-state index >= 15 is 0 Å². The number of thiocarbonyl (C=S) groups is 1. The van der Waals surface area contributed by atoms with Crippen molar-refractivity contribution in [3.8, 4) is 0 Å². The molecule has 3 nitrogen and oxygen atoms in total. The van der Waals surface area contributed by atoms with Crippen LogP contribution in [0.5, 0.6) is 0 Å². The summed E-state index contributed by atoms with van der Waals surface area (Å²) in [6.07, 6.45) is 8.36. The van der Waals surface area contributed by atoms with Gasteiger partial charge in [-0.1, -0.05) is 37.5 Å². The fraction of sp³-hybridized carbons (Fsp3) is 0.625. The molecule has 1 aromatic heterocycles. The van der Waals surface area contributed by atoms with Gasteiger partial charge < -0.3 is 11.1 Å². The summed E-state index contributed by atoms with van der Waals surface area (Å²) in [6, 6.07) is 4.04. The first-order valence-corrected chi connectivity index (χ1v) is 9.06. The average Bonchev–Trinajstić information content (AvgIpc) is 2.98. The molecule has 1 saturated carbocycles. The van der Waals surface area contributed by atoms with Crippen molar-refractivity contribution in [1.82, 2.24) is 5.32 Å². The molecule has 0 bridgehead atoms. The van der Waals surface area contributed by atoms with E-state index < -0.39 is 0 Å². The van der Waals surface area contributed by atoms with Crippen molar-refractivity contribution >= 4 is 34.5 Å². The van der Waals surface area contributed by atoms with Gasteiger partial charge in [0, 0.05) is 11.3 Å². The lowest BCUT2D eigenvalue weighted by Gasteiger charge is -2.30. The molecule has 0 spiro atoms. The maximum atomic E-state index is 12.1. The third kappa shape index (κ3) is 5.40. The van der Waals surface area contributed by atoms with Crippen molar-refractivity contribution in [2.75, 3.05) is 0 Å². The largest absolute Gasteiger partial charge is 0.392 e. The number of hydrogen-bond acceptors (Lipinski definition) is 3. The normalized spacial score (nSPS) is 17.3. The van der Waals surface area contributed by atoms with Gasteiger partial charge in [-0.05, 0) is 43.0 Å². The van der Waals surface area contributed by atoms with Crippen molar-refractivity contribution in [3.63, 3.8) is 0 Å². The summed E-state index contributed by atoms with van der Waals surface area (Å²) < 4.78 is 0. The summed E-state index contributed by atoms with van der Waals surface area (Å²) in [7, 11) is 0. The summed E-state index contributed by atoms with van der Waals surface area (Å²) >= 11 is 6.90. The molecule has 2 rings (SSSR count). The Morgan fingerprint density at radius 3 is 2.81 bits per heavy atom. The van der Waals surface area contributed by atoms with E-state index in [4.69, 9.17) is 18.0 Å². The van der Waals surface area contributed by atoms with Gasteiger partial charge in [0.25, 0.3) is 0 Å². The molecule has 21 heavy (non-hydrogen) atoms. The van der Waals surface area contributed by atoms with Gasteiger partial charge in [0.2, 0.25) is 5.91 Å². The molecule has 1 aliphatic carbocycles. The molecule has 0 aliphatic heterocycles. The van der Waals surface area contributed by atoms with Crippen molar-refractivity contribution in [2.45, 2.75) is 57.4 Å². The first-order chi connectivity index (χ1) is 10.2. The quantitative estimate of drug-likeness (QED) is 0.756. The Bertz CT molecular complexity index is 453. The van der Waals surface area contributed by atoms with Gasteiger partial charge in [0.15, 0.2) is 0 Å². The van der Waals surface area contributed by atoms with Crippen LogP contribution in [0.15, 0.2) is 17.5 Å². The van der Waals surface area contributed by atoms with Crippen molar-refractivity contribution in [2.24, 2.45) is 11.7 Å². The third-order valence-corrected chi connectivity index (χ3v) is 5.34. The summed E-state index contributed by atoms with van der Waals surface area (Å²) in [6.45, 7) is 0. The smallest absolute Gasteiger partial charge is 0.220 e. The third-order valence-electron chi connectivity index (χ3n) is 4.15. The van der Waals surface area contributed by atoms with Crippen molar-refractivity contribution in [1.29, 1.82) is 0 Å². The molecule has 1 amide bonds. The van der Waals surface area contributed by atoms with Crippen molar-refractivity contribution in [3.05, 3.63) is 22.4 Å². The van der Waals surface area contributed by atoms with Gasteiger partial charge in [-0.3, -0.25) is 4.79 Å². The molecule has 1 heterocycles. The first kappa shape index (κ1) is 16.4. The number of thiophene rings is 1. The monoisotopic (exact) mass is 324 g/mol. The topological polar surface area (TPSA) is 55.1 Å². The molecule has 1 unspecified atom stereocenters. The highest BCUT2D eigenvalue weighted by Crippen LogP contribution is 2.26. The SMILES string of the molecule is NC(=S)C(NC(=O)CCCc1cccs1)C1CCCCC1. The highest BCUT2D eigenvalue weighted by Gasteiger charge is 2.26. The van der Waals surface area contributed by atoms with Crippen LogP contribution in [0.3, 0.4) is 0 Å². The molecule has 116 valence electrons. The van der Waals surface area contributed by atoms with Gasteiger partial charge >= 0.3 is 0 Å². The van der Waals surface area contributed by atoms with E-state index in [1.165, 1.54) is 24.1 Å². The van der Waals surface area contributed by atoms with Crippen LogP contribution >= 0.6 is 23.6 Å². The van der Waals surface area contributed by atoms with Crippen molar-refractivity contribution < 1.29 is 4.79 Å². The van der Waals surface area contributed by atoms with Crippen LogP contribution in [0.1, 0.15) is 49.8 Å². The van der Waals surface area contributed by atoms with Gasteiger partial charge in [-0.2, -0.15) is 0 Å². The molecule has 1 atom stereocenters. The molecular formula is C16H24N2OS2. The fourth-order valence-corrected chi connectivity index (χ4v) is 4.02. The Labute approximate surface area is 136 Å². The summed E-state index contributed by atoms with van der Waals surface area (Å²) in [5, 5.41) is 5.14. The molecule has 1 aromatic rings. The maximum absolute atomic E-state index is 12.1. The number of carbonyl (C=O) groups excluding carboxylic acids is 1. The molecule has 1 fully saturated rings. The second-order valence-corrected chi connectivity index (χ2v) is 7.28. The van der Waals surface area contributed by atoms with E-state index in [-0.39, 0.29) is 11.9 Å². The summed E-state index contributed by atoms with van der Waals surface area (Å²) in [5.74, 6) is 0.507. The standard InChI is InChI=1S/C16H24N2OS2/c17-16(20)15(12-6-2-1-3-7-12)18-14(19)10-4-8-13-9-5-11-21-13/h5,9,11-12,15H,1-4,6-8,10H2,(H2,17,20)(H,18,19).